The summed E-state index contributed by atoms with van der Waals surface area (Å²) in [6.45, 7) is 6.12. The lowest BCUT2D eigenvalue weighted by atomic mass is 10.2. The van der Waals surface area contributed by atoms with Crippen molar-refractivity contribution in [2.24, 2.45) is 0 Å². The van der Waals surface area contributed by atoms with Crippen LogP contribution in [0.3, 0.4) is 0 Å². The fourth-order valence-electron chi connectivity index (χ4n) is 0.786. The smallest absolute Gasteiger partial charge is 0.137 e. The summed E-state index contributed by atoms with van der Waals surface area (Å²) in [6, 6.07) is 7.88. The van der Waals surface area contributed by atoms with Gasteiger partial charge in [0.25, 0.3) is 0 Å². The first-order chi connectivity index (χ1) is 5.86. The Labute approximate surface area is 80.4 Å². The van der Waals surface area contributed by atoms with Crippen molar-refractivity contribution in [3.05, 3.63) is 29.8 Å². The highest BCUT2D eigenvalue weighted by atomic mass is 32.1. The van der Waals surface area contributed by atoms with Crippen molar-refractivity contribution in [3.8, 4) is 5.75 Å². The third-order valence-corrected chi connectivity index (χ3v) is 1.65. The van der Waals surface area contributed by atoms with E-state index in [1.54, 1.807) is 0 Å². The first-order valence-electron chi connectivity index (χ1n) is 4.27. The molecule has 0 aliphatic carbocycles. The lowest BCUT2D eigenvalue weighted by Crippen LogP contribution is -1.79. The third-order valence-electron chi connectivity index (χ3n) is 1.44. The number of aryl methyl sites for hydroxylation is 1. The summed E-state index contributed by atoms with van der Waals surface area (Å²) >= 11 is 3.67. The first-order valence-corrected chi connectivity index (χ1v) is 4.63. The van der Waals surface area contributed by atoms with E-state index < -0.39 is 0 Å². The van der Waals surface area contributed by atoms with Crippen LogP contribution in [0.4, 0.5) is 0 Å². The van der Waals surface area contributed by atoms with Crippen LogP contribution in [0.1, 0.15) is 26.3 Å². The van der Waals surface area contributed by atoms with Gasteiger partial charge in [-0.3, -0.25) is 0 Å². The van der Waals surface area contributed by atoms with Crippen molar-refractivity contribution >= 4 is 12.9 Å². The molecule has 0 N–H and O–H groups in total. The van der Waals surface area contributed by atoms with Crippen LogP contribution in [0.15, 0.2) is 24.3 Å². The van der Waals surface area contributed by atoms with E-state index in [4.69, 9.17) is 4.18 Å². The summed E-state index contributed by atoms with van der Waals surface area (Å²) in [5, 5.41) is 0. The van der Waals surface area contributed by atoms with E-state index in [0.717, 1.165) is 12.2 Å². The summed E-state index contributed by atoms with van der Waals surface area (Å²) in [4.78, 5) is 0. The molecule has 2 heteroatoms. The molecule has 0 atom stereocenters. The maximum Gasteiger partial charge on any atom is 0.137 e. The Morgan fingerprint density at radius 2 is 1.67 bits per heavy atom. The number of hydrogen-bond donors (Lipinski definition) is 1. The minimum absolute atomic E-state index is 0.792. The van der Waals surface area contributed by atoms with Gasteiger partial charge in [0.05, 0.1) is 0 Å². The summed E-state index contributed by atoms with van der Waals surface area (Å²) in [5.41, 5.74) is 1.31. The molecule has 1 aromatic carbocycles. The average Bonchev–Trinajstić information content (AvgIpc) is 2.21. The van der Waals surface area contributed by atoms with Crippen LogP contribution in [-0.4, -0.2) is 0 Å². The highest BCUT2D eigenvalue weighted by molar-refractivity contribution is 7.75. The number of rotatable bonds is 2. The van der Waals surface area contributed by atoms with Crippen LogP contribution >= 0.6 is 12.9 Å². The molecule has 0 bridgehead atoms. The molecule has 12 heavy (non-hydrogen) atoms. The molecule has 0 fully saturated rings. The SMILES string of the molecule is CC.CCc1ccc(OS)cc1. The number of thiol groups is 1. The topological polar surface area (TPSA) is 9.23 Å². The van der Waals surface area contributed by atoms with Crippen LogP contribution < -0.4 is 4.18 Å². The summed E-state index contributed by atoms with van der Waals surface area (Å²) in [5.74, 6) is 0.792. The van der Waals surface area contributed by atoms with E-state index in [9.17, 15) is 0 Å². The monoisotopic (exact) mass is 184 g/mol. The molecule has 0 aromatic heterocycles. The molecule has 0 unspecified atom stereocenters. The Bertz CT molecular complexity index is 170. The quantitative estimate of drug-likeness (QED) is 0.546. The van der Waals surface area contributed by atoms with Gasteiger partial charge < -0.3 is 4.18 Å². The maximum atomic E-state index is 4.71. The molecule has 0 spiro atoms. The van der Waals surface area contributed by atoms with Crippen LogP contribution in [0.2, 0.25) is 0 Å². The highest BCUT2D eigenvalue weighted by Crippen LogP contribution is 2.12. The van der Waals surface area contributed by atoms with E-state index >= 15 is 0 Å². The van der Waals surface area contributed by atoms with Gasteiger partial charge >= 0.3 is 0 Å². The average molecular weight is 184 g/mol. The van der Waals surface area contributed by atoms with E-state index in [1.165, 1.54) is 5.56 Å². The van der Waals surface area contributed by atoms with E-state index in [1.807, 2.05) is 38.1 Å². The molecular formula is C10H16OS. The van der Waals surface area contributed by atoms with E-state index in [-0.39, 0.29) is 0 Å². The maximum absolute atomic E-state index is 4.71. The van der Waals surface area contributed by atoms with Crippen molar-refractivity contribution in [2.75, 3.05) is 0 Å². The molecule has 68 valence electrons. The number of benzene rings is 1. The van der Waals surface area contributed by atoms with Gasteiger partial charge in [-0.05, 0) is 24.1 Å². The van der Waals surface area contributed by atoms with Gasteiger partial charge in [0, 0.05) is 12.9 Å². The van der Waals surface area contributed by atoms with E-state index in [2.05, 4.69) is 19.8 Å². The number of hydrogen-bond acceptors (Lipinski definition) is 2. The molecule has 0 heterocycles. The molecule has 0 saturated heterocycles. The first kappa shape index (κ1) is 11.4. The van der Waals surface area contributed by atoms with Gasteiger partial charge in [-0.15, -0.1) is 0 Å². The molecular weight excluding hydrogens is 168 g/mol. The van der Waals surface area contributed by atoms with Crippen LogP contribution in [0.5, 0.6) is 5.75 Å². The molecule has 1 rings (SSSR count). The van der Waals surface area contributed by atoms with Gasteiger partial charge in [-0.25, -0.2) is 0 Å². The summed E-state index contributed by atoms with van der Waals surface area (Å²) < 4.78 is 4.71. The van der Waals surface area contributed by atoms with Crippen molar-refractivity contribution < 1.29 is 4.18 Å². The van der Waals surface area contributed by atoms with Crippen molar-refractivity contribution in [1.29, 1.82) is 0 Å². The normalized spacial score (nSPS) is 8.33. The highest BCUT2D eigenvalue weighted by Gasteiger charge is 1.89. The molecule has 0 aliphatic heterocycles. The van der Waals surface area contributed by atoms with Gasteiger partial charge in [-0.1, -0.05) is 32.9 Å². The Balaban J connectivity index is 0.000000561. The van der Waals surface area contributed by atoms with Gasteiger partial charge in [0.2, 0.25) is 0 Å². The van der Waals surface area contributed by atoms with Gasteiger partial charge in [0.1, 0.15) is 5.75 Å². The molecule has 0 saturated carbocycles. The van der Waals surface area contributed by atoms with E-state index in [0.29, 0.717) is 0 Å². The van der Waals surface area contributed by atoms with Gasteiger partial charge in [-0.2, -0.15) is 0 Å². The Morgan fingerprint density at radius 3 is 2.00 bits per heavy atom. The largest absolute Gasteiger partial charge is 0.429 e. The molecule has 0 radical (unpaired) electrons. The lowest BCUT2D eigenvalue weighted by Gasteiger charge is -1.97. The van der Waals surface area contributed by atoms with Crippen molar-refractivity contribution in [2.45, 2.75) is 27.2 Å². The predicted molar refractivity (Wildman–Crippen MR) is 56.8 cm³/mol. The minimum atomic E-state index is 0.792. The second kappa shape index (κ2) is 7.04. The summed E-state index contributed by atoms with van der Waals surface area (Å²) in [7, 11) is 0. The van der Waals surface area contributed by atoms with Crippen molar-refractivity contribution in [1.82, 2.24) is 0 Å². The Hall–Kier alpha value is -0.630. The third kappa shape index (κ3) is 3.67. The Morgan fingerprint density at radius 1 is 1.17 bits per heavy atom. The fraction of sp³-hybridized carbons (Fsp3) is 0.400. The minimum Gasteiger partial charge on any atom is -0.429 e. The van der Waals surface area contributed by atoms with Crippen molar-refractivity contribution in [3.63, 3.8) is 0 Å². The molecule has 1 nitrogen and oxygen atoms in total. The molecule has 0 aliphatic rings. The van der Waals surface area contributed by atoms with Gasteiger partial charge in [0.15, 0.2) is 0 Å². The second-order valence-corrected chi connectivity index (χ2v) is 2.27. The summed E-state index contributed by atoms with van der Waals surface area (Å²) in [6.07, 6.45) is 1.06. The lowest BCUT2D eigenvalue weighted by molar-refractivity contribution is 0.658. The molecule has 1 aromatic rings. The molecule has 0 amide bonds. The zero-order valence-electron chi connectivity index (χ0n) is 7.87. The van der Waals surface area contributed by atoms with Crippen LogP contribution in [0, 0.1) is 0 Å². The zero-order chi connectivity index (χ0) is 9.40. The van der Waals surface area contributed by atoms with Crippen LogP contribution in [0.25, 0.3) is 0 Å². The fourth-order valence-corrected chi connectivity index (χ4v) is 0.908. The Kier molecular flexibility index (Phi) is 6.67. The zero-order valence-corrected chi connectivity index (χ0v) is 8.77. The standard InChI is InChI=1S/C8H10OS.C2H6/c1-2-7-3-5-8(9-10)6-4-7;1-2/h3-6,10H,2H2,1H3;1-2H3. The predicted octanol–water partition coefficient (Wildman–Crippen LogP) is 3.50. The second-order valence-electron chi connectivity index (χ2n) is 2.09. The van der Waals surface area contributed by atoms with Crippen LogP contribution in [-0.2, 0) is 6.42 Å².